The van der Waals surface area contributed by atoms with E-state index >= 15 is 0 Å². The summed E-state index contributed by atoms with van der Waals surface area (Å²) in [5.74, 6) is 0.537. The fourth-order valence-electron chi connectivity index (χ4n) is 1.99. The van der Waals surface area contributed by atoms with Crippen molar-refractivity contribution in [2.24, 2.45) is 4.99 Å². The molecule has 0 aliphatic rings. The van der Waals surface area contributed by atoms with Crippen LogP contribution in [0.3, 0.4) is 0 Å². The maximum absolute atomic E-state index is 13.7. The van der Waals surface area contributed by atoms with Crippen molar-refractivity contribution in [1.82, 2.24) is 15.5 Å². The highest BCUT2D eigenvalue weighted by Crippen LogP contribution is 2.12. The van der Waals surface area contributed by atoms with Gasteiger partial charge < -0.3 is 20.3 Å². The average molecular weight is 310 g/mol. The molecule has 6 heteroatoms. The van der Waals surface area contributed by atoms with E-state index in [1.807, 2.05) is 32.0 Å². The molecule has 0 amide bonds. The number of ether oxygens (including phenoxy) is 1. The van der Waals surface area contributed by atoms with Gasteiger partial charge in [0.2, 0.25) is 0 Å². The van der Waals surface area contributed by atoms with Crippen LogP contribution in [0, 0.1) is 5.82 Å². The van der Waals surface area contributed by atoms with Crippen LogP contribution < -0.4 is 10.6 Å². The zero-order valence-corrected chi connectivity index (χ0v) is 13.9. The number of aliphatic imine (C=N–C) groups is 1. The molecule has 0 saturated heterocycles. The van der Waals surface area contributed by atoms with Crippen molar-refractivity contribution >= 4 is 5.96 Å². The molecule has 0 saturated carbocycles. The molecule has 0 heterocycles. The maximum atomic E-state index is 13.7. The monoisotopic (exact) mass is 310 g/mol. The molecule has 1 aromatic carbocycles. The van der Waals surface area contributed by atoms with Gasteiger partial charge in [-0.3, -0.25) is 4.99 Å². The first-order chi connectivity index (χ1) is 10.6. The van der Waals surface area contributed by atoms with E-state index in [2.05, 4.69) is 15.6 Å². The summed E-state index contributed by atoms with van der Waals surface area (Å²) in [7, 11) is 5.57. The Balaban J connectivity index is 2.52. The summed E-state index contributed by atoms with van der Waals surface area (Å²) in [6.45, 7) is 5.18. The van der Waals surface area contributed by atoms with Crippen LogP contribution in [0.5, 0.6) is 0 Å². The van der Waals surface area contributed by atoms with Crippen LogP contribution >= 0.6 is 0 Å². The Morgan fingerprint density at radius 1 is 1.32 bits per heavy atom. The fraction of sp³-hybridized carbons (Fsp3) is 0.562. The lowest BCUT2D eigenvalue weighted by molar-refractivity contribution is 0.152. The van der Waals surface area contributed by atoms with Crippen LogP contribution in [0.15, 0.2) is 23.2 Å². The third kappa shape index (κ3) is 6.87. The predicted octanol–water partition coefficient (Wildman–Crippen LogP) is 1.59. The third-order valence-electron chi connectivity index (χ3n) is 3.02. The largest absolute Gasteiger partial charge is 0.380 e. The van der Waals surface area contributed by atoms with E-state index in [9.17, 15) is 4.39 Å². The summed E-state index contributed by atoms with van der Waals surface area (Å²) in [5, 5.41) is 6.37. The lowest BCUT2D eigenvalue weighted by Crippen LogP contribution is -2.38. The van der Waals surface area contributed by atoms with Crippen molar-refractivity contribution in [3.8, 4) is 0 Å². The smallest absolute Gasteiger partial charge is 0.191 e. The highest BCUT2D eigenvalue weighted by molar-refractivity contribution is 5.79. The zero-order chi connectivity index (χ0) is 16.4. The van der Waals surface area contributed by atoms with Crippen molar-refractivity contribution in [3.63, 3.8) is 0 Å². The Morgan fingerprint density at radius 2 is 2.09 bits per heavy atom. The second-order valence-electron chi connectivity index (χ2n) is 5.21. The van der Waals surface area contributed by atoms with Gasteiger partial charge in [0.15, 0.2) is 5.96 Å². The van der Waals surface area contributed by atoms with Gasteiger partial charge in [-0.2, -0.15) is 0 Å². The van der Waals surface area contributed by atoms with E-state index in [1.165, 1.54) is 6.07 Å². The minimum absolute atomic E-state index is 0.170. The molecule has 0 bridgehead atoms. The molecule has 0 spiro atoms. The number of hydrogen-bond acceptors (Lipinski definition) is 3. The zero-order valence-electron chi connectivity index (χ0n) is 13.9. The number of rotatable bonds is 8. The number of guanidine groups is 1. The predicted molar refractivity (Wildman–Crippen MR) is 88.5 cm³/mol. The molecular formula is C16H27FN4O. The molecule has 0 unspecified atom stereocenters. The van der Waals surface area contributed by atoms with E-state index < -0.39 is 0 Å². The minimum Gasteiger partial charge on any atom is -0.380 e. The van der Waals surface area contributed by atoms with Gasteiger partial charge in [0.1, 0.15) is 5.82 Å². The van der Waals surface area contributed by atoms with Crippen LogP contribution in [-0.2, 0) is 17.8 Å². The van der Waals surface area contributed by atoms with E-state index in [4.69, 9.17) is 4.74 Å². The van der Waals surface area contributed by atoms with E-state index in [0.717, 1.165) is 5.56 Å². The number of nitrogens with one attached hydrogen (secondary N) is 2. The fourth-order valence-corrected chi connectivity index (χ4v) is 1.99. The summed E-state index contributed by atoms with van der Waals surface area (Å²) in [5.41, 5.74) is 1.72. The van der Waals surface area contributed by atoms with E-state index in [1.54, 1.807) is 13.1 Å². The number of benzene rings is 1. The Kier molecular flexibility index (Phi) is 8.47. The summed E-state index contributed by atoms with van der Waals surface area (Å²) in [6.07, 6.45) is 0. The van der Waals surface area contributed by atoms with Gasteiger partial charge in [0.25, 0.3) is 0 Å². The molecule has 1 aromatic rings. The SMILES string of the molecule is CCOCCNC(=NC)NCc1ccc(F)c(CN(C)C)c1. The molecule has 124 valence electrons. The summed E-state index contributed by atoms with van der Waals surface area (Å²) >= 11 is 0. The van der Waals surface area contributed by atoms with Crippen molar-refractivity contribution in [2.45, 2.75) is 20.0 Å². The minimum atomic E-state index is -0.170. The lowest BCUT2D eigenvalue weighted by Gasteiger charge is -2.14. The lowest BCUT2D eigenvalue weighted by atomic mass is 10.1. The highest BCUT2D eigenvalue weighted by Gasteiger charge is 2.05. The quantitative estimate of drug-likeness (QED) is 0.435. The first-order valence-electron chi connectivity index (χ1n) is 7.51. The third-order valence-corrected chi connectivity index (χ3v) is 3.02. The molecule has 1 rings (SSSR count). The van der Waals surface area contributed by atoms with Gasteiger partial charge in [-0.15, -0.1) is 0 Å². The first kappa shape index (κ1) is 18.4. The first-order valence-corrected chi connectivity index (χ1v) is 7.51. The van der Waals surface area contributed by atoms with Crippen LogP contribution in [0.2, 0.25) is 0 Å². The van der Waals surface area contributed by atoms with Gasteiger partial charge in [0, 0.05) is 38.9 Å². The van der Waals surface area contributed by atoms with Crippen LogP contribution in [-0.4, -0.2) is 51.8 Å². The van der Waals surface area contributed by atoms with Gasteiger partial charge in [-0.05, 0) is 38.7 Å². The molecular weight excluding hydrogens is 283 g/mol. The van der Waals surface area contributed by atoms with E-state index in [-0.39, 0.29) is 5.82 Å². The van der Waals surface area contributed by atoms with Crippen molar-refractivity contribution in [1.29, 1.82) is 0 Å². The molecule has 2 N–H and O–H groups in total. The number of halogens is 1. The Labute approximate surface area is 132 Å². The average Bonchev–Trinajstić information content (AvgIpc) is 2.49. The highest BCUT2D eigenvalue weighted by atomic mass is 19.1. The van der Waals surface area contributed by atoms with Crippen molar-refractivity contribution in [2.75, 3.05) is 40.9 Å². The summed E-state index contributed by atoms with van der Waals surface area (Å²) in [6, 6.07) is 5.19. The number of nitrogens with zero attached hydrogens (tertiary/aromatic N) is 2. The molecule has 0 aromatic heterocycles. The molecule has 0 aliphatic carbocycles. The number of hydrogen-bond donors (Lipinski definition) is 2. The van der Waals surface area contributed by atoms with Gasteiger partial charge >= 0.3 is 0 Å². The second kappa shape index (κ2) is 10.1. The second-order valence-corrected chi connectivity index (χ2v) is 5.21. The standard InChI is InChI=1S/C16H27FN4O/c1-5-22-9-8-19-16(18-2)20-11-13-6-7-15(17)14(10-13)12-21(3)4/h6-7,10H,5,8-9,11-12H2,1-4H3,(H2,18,19,20). The van der Waals surface area contributed by atoms with Crippen LogP contribution in [0.4, 0.5) is 4.39 Å². The summed E-state index contributed by atoms with van der Waals surface area (Å²) in [4.78, 5) is 6.09. The molecule has 5 nitrogen and oxygen atoms in total. The molecule has 22 heavy (non-hydrogen) atoms. The summed E-state index contributed by atoms with van der Waals surface area (Å²) < 4.78 is 19.0. The topological polar surface area (TPSA) is 48.9 Å². The van der Waals surface area contributed by atoms with Crippen molar-refractivity contribution in [3.05, 3.63) is 35.1 Å². The molecule has 0 radical (unpaired) electrons. The maximum Gasteiger partial charge on any atom is 0.191 e. The molecule has 0 fully saturated rings. The Hall–Kier alpha value is -1.66. The normalized spacial score (nSPS) is 11.8. The molecule has 0 aliphatic heterocycles. The Bertz CT molecular complexity index is 477. The van der Waals surface area contributed by atoms with Crippen molar-refractivity contribution < 1.29 is 9.13 Å². The van der Waals surface area contributed by atoms with Gasteiger partial charge in [-0.1, -0.05) is 6.07 Å². The van der Waals surface area contributed by atoms with E-state index in [0.29, 0.717) is 44.4 Å². The Morgan fingerprint density at radius 3 is 2.73 bits per heavy atom. The van der Waals surface area contributed by atoms with Crippen LogP contribution in [0.1, 0.15) is 18.1 Å². The van der Waals surface area contributed by atoms with Crippen LogP contribution in [0.25, 0.3) is 0 Å². The molecule has 0 atom stereocenters. The van der Waals surface area contributed by atoms with Gasteiger partial charge in [0.05, 0.1) is 6.61 Å². The van der Waals surface area contributed by atoms with Gasteiger partial charge in [-0.25, -0.2) is 4.39 Å².